The lowest BCUT2D eigenvalue weighted by Gasteiger charge is -2.03. The number of aromatic nitrogens is 2. The van der Waals surface area contributed by atoms with Gasteiger partial charge in [0.05, 0.1) is 5.97 Å². The lowest BCUT2D eigenvalue weighted by atomic mass is 10.2. The van der Waals surface area contributed by atoms with E-state index in [0.717, 1.165) is 20.8 Å². The Hall–Kier alpha value is -1.14. The molecule has 16 heavy (non-hydrogen) atoms. The van der Waals surface area contributed by atoms with Gasteiger partial charge in [-0.1, -0.05) is 11.8 Å². The fourth-order valence-electron chi connectivity index (χ4n) is 1.39. The van der Waals surface area contributed by atoms with E-state index in [9.17, 15) is 9.90 Å². The van der Waals surface area contributed by atoms with Crippen molar-refractivity contribution in [2.75, 3.05) is 5.75 Å². The topological polar surface area (TPSA) is 65.9 Å². The van der Waals surface area contributed by atoms with Crippen molar-refractivity contribution in [3.8, 4) is 0 Å². The summed E-state index contributed by atoms with van der Waals surface area (Å²) in [4.78, 5) is 20.8. The van der Waals surface area contributed by atoms with Crippen LogP contribution >= 0.6 is 23.1 Å². The van der Waals surface area contributed by atoms with E-state index in [1.807, 2.05) is 13.8 Å². The Morgan fingerprint density at radius 2 is 2.25 bits per heavy atom. The lowest BCUT2D eigenvalue weighted by Crippen LogP contribution is -2.24. The van der Waals surface area contributed by atoms with Gasteiger partial charge < -0.3 is 9.90 Å². The Morgan fingerprint density at radius 3 is 2.94 bits per heavy atom. The molecule has 0 saturated carbocycles. The van der Waals surface area contributed by atoms with E-state index in [1.165, 1.54) is 23.0 Å². The summed E-state index contributed by atoms with van der Waals surface area (Å²) in [6.45, 7) is 4.02. The third-order valence-corrected chi connectivity index (χ3v) is 4.34. The molecule has 2 heterocycles. The summed E-state index contributed by atoms with van der Waals surface area (Å²) in [6, 6.07) is 0. The minimum atomic E-state index is -1.08. The minimum Gasteiger partial charge on any atom is -0.549 e. The molecule has 0 aliphatic heterocycles. The molecule has 2 rings (SSSR count). The number of hydrogen-bond acceptors (Lipinski definition) is 6. The summed E-state index contributed by atoms with van der Waals surface area (Å²) in [5, 5.41) is 12.1. The van der Waals surface area contributed by atoms with Gasteiger partial charge in [0.2, 0.25) is 0 Å². The maximum atomic E-state index is 10.4. The number of fused-ring (bicyclic) bond motifs is 1. The van der Waals surface area contributed by atoms with Gasteiger partial charge in [-0.2, -0.15) is 0 Å². The van der Waals surface area contributed by atoms with Gasteiger partial charge in [-0.05, 0) is 19.4 Å². The van der Waals surface area contributed by atoms with Crippen molar-refractivity contribution in [2.45, 2.75) is 18.9 Å². The monoisotopic (exact) mass is 253 g/mol. The summed E-state index contributed by atoms with van der Waals surface area (Å²) in [7, 11) is 0. The van der Waals surface area contributed by atoms with Crippen LogP contribution in [0.1, 0.15) is 10.4 Å². The van der Waals surface area contributed by atoms with Crippen molar-refractivity contribution in [1.82, 2.24) is 9.97 Å². The fourth-order valence-corrected chi connectivity index (χ4v) is 3.22. The van der Waals surface area contributed by atoms with E-state index >= 15 is 0 Å². The number of carboxylic acids is 1. The van der Waals surface area contributed by atoms with Crippen LogP contribution in [0.15, 0.2) is 11.4 Å². The van der Waals surface area contributed by atoms with Crippen molar-refractivity contribution in [3.63, 3.8) is 0 Å². The molecule has 0 saturated heterocycles. The Labute approximate surface area is 101 Å². The summed E-state index contributed by atoms with van der Waals surface area (Å²) in [5.41, 5.74) is 1.13. The smallest absolute Gasteiger partial charge is 0.128 e. The van der Waals surface area contributed by atoms with E-state index < -0.39 is 5.97 Å². The van der Waals surface area contributed by atoms with Crippen LogP contribution < -0.4 is 5.11 Å². The maximum absolute atomic E-state index is 10.4. The SMILES string of the molecule is Cc1sc2ncnc(SCC(=O)[O-])c2c1C. The van der Waals surface area contributed by atoms with E-state index in [0.29, 0.717) is 0 Å². The molecule has 0 radical (unpaired) electrons. The molecular weight excluding hydrogens is 244 g/mol. The third kappa shape index (κ3) is 2.03. The highest BCUT2D eigenvalue weighted by molar-refractivity contribution is 8.00. The molecule has 0 atom stereocenters. The molecule has 4 nitrogen and oxygen atoms in total. The number of carboxylic acid groups (broad SMARTS) is 1. The first kappa shape index (κ1) is 11.3. The number of thioether (sulfide) groups is 1. The molecular formula is C10H9N2O2S2-. The van der Waals surface area contributed by atoms with Crippen LogP contribution in [0.3, 0.4) is 0 Å². The molecule has 84 valence electrons. The zero-order valence-corrected chi connectivity index (χ0v) is 10.4. The number of rotatable bonds is 3. The van der Waals surface area contributed by atoms with Crippen LogP contribution in [0.5, 0.6) is 0 Å². The minimum absolute atomic E-state index is 0.0829. The van der Waals surface area contributed by atoms with Crippen molar-refractivity contribution in [1.29, 1.82) is 0 Å². The van der Waals surface area contributed by atoms with Crippen molar-refractivity contribution >= 4 is 39.3 Å². The average molecular weight is 253 g/mol. The lowest BCUT2D eigenvalue weighted by molar-refractivity contribution is -0.301. The van der Waals surface area contributed by atoms with Gasteiger partial charge in [0.15, 0.2) is 0 Å². The van der Waals surface area contributed by atoms with Crippen LogP contribution in [0, 0.1) is 13.8 Å². The van der Waals surface area contributed by atoms with Crippen LogP contribution in [0.2, 0.25) is 0 Å². The number of aryl methyl sites for hydroxylation is 2. The number of aliphatic carboxylic acids is 1. The summed E-state index contributed by atoms with van der Waals surface area (Å²) in [6.07, 6.45) is 1.47. The Kier molecular flexibility index (Phi) is 3.11. The summed E-state index contributed by atoms with van der Waals surface area (Å²) < 4.78 is 0. The van der Waals surface area contributed by atoms with Crippen LogP contribution in [-0.4, -0.2) is 21.7 Å². The quantitative estimate of drug-likeness (QED) is 0.606. The molecule has 0 aliphatic carbocycles. The van der Waals surface area contributed by atoms with Crippen molar-refractivity contribution in [3.05, 3.63) is 16.8 Å². The van der Waals surface area contributed by atoms with Gasteiger partial charge >= 0.3 is 0 Å². The van der Waals surface area contributed by atoms with Crippen LogP contribution in [-0.2, 0) is 4.79 Å². The van der Waals surface area contributed by atoms with Gasteiger partial charge in [0.1, 0.15) is 16.2 Å². The van der Waals surface area contributed by atoms with Gasteiger partial charge in [0.25, 0.3) is 0 Å². The van der Waals surface area contributed by atoms with Crippen LogP contribution in [0.4, 0.5) is 0 Å². The van der Waals surface area contributed by atoms with Gasteiger partial charge in [-0.3, -0.25) is 0 Å². The third-order valence-electron chi connectivity index (χ3n) is 2.26. The second-order valence-electron chi connectivity index (χ2n) is 3.30. The van der Waals surface area contributed by atoms with Crippen LogP contribution in [0.25, 0.3) is 10.2 Å². The van der Waals surface area contributed by atoms with E-state index in [-0.39, 0.29) is 5.75 Å². The number of carbonyl (C=O) groups is 1. The molecule has 0 unspecified atom stereocenters. The Balaban J connectivity index is 2.48. The molecule has 0 bridgehead atoms. The highest BCUT2D eigenvalue weighted by Crippen LogP contribution is 2.34. The molecule has 2 aromatic heterocycles. The Morgan fingerprint density at radius 1 is 1.50 bits per heavy atom. The summed E-state index contributed by atoms with van der Waals surface area (Å²) in [5.74, 6) is -1.16. The molecule has 0 N–H and O–H groups in total. The molecule has 2 aromatic rings. The zero-order valence-electron chi connectivity index (χ0n) is 8.81. The van der Waals surface area contributed by atoms with Crippen molar-refractivity contribution in [2.24, 2.45) is 0 Å². The van der Waals surface area contributed by atoms with Gasteiger partial charge in [0, 0.05) is 16.0 Å². The average Bonchev–Trinajstić information content (AvgIpc) is 2.52. The van der Waals surface area contributed by atoms with E-state index in [2.05, 4.69) is 9.97 Å². The molecule has 0 aliphatic rings. The summed E-state index contributed by atoms with van der Waals surface area (Å²) >= 11 is 2.78. The highest BCUT2D eigenvalue weighted by Gasteiger charge is 2.11. The predicted molar refractivity (Wildman–Crippen MR) is 62.6 cm³/mol. The first-order valence-corrected chi connectivity index (χ1v) is 6.43. The largest absolute Gasteiger partial charge is 0.549 e. The molecule has 0 fully saturated rings. The van der Waals surface area contributed by atoms with Crippen molar-refractivity contribution < 1.29 is 9.90 Å². The number of carbonyl (C=O) groups excluding carboxylic acids is 1. The fraction of sp³-hybridized carbons (Fsp3) is 0.300. The number of hydrogen-bond donors (Lipinski definition) is 0. The highest BCUT2D eigenvalue weighted by atomic mass is 32.2. The molecule has 0 spiro atoms. The normalized spacial score (nSPS) is 10.9. The first-order chi connectivity index (χ1) is 7.59. The second-order valence-corrected chi connectivity index (χ2v) is 5.47. The number of thiophene rings is 1. The first-order valence-electron chi connectivity index (χ1n) is 4.63. The number of nitrogens with zero attached hydrogens (tertiary/aromatic N) is 2. The Bertz CT molecular complexity index is 551. The van der Waals surface area contributed by atoms with E-state index in [4.69, 9.17) is 0 Å². The van der Waals surface area contributed by atoms with Gasteiger partial charge in [-0.25, -0.2) is 9.97 Å². The van der Waals surface area contributed by atoms with Gasteiger partial charge in [-0.15, -0.1) is 11.3 Å². The standard InChI is InChI=1S/C10H10N2O2S2/c1-5-6(2)16-10-8(5)9(11-4-12-10)15-3-7(13)14/h4H,3H2,1-2H3,(H,13,14)/p-1. The maximum Gasteiger partial charge on any atom is 0.128 e. The molecule has 0 aromatic carbocycles. The predicted octanol–water partition coefficient (Wildman–Crippen LogP) is 1.15. The zero-order chi connectivity index (χ0) is 11.7. The second kappa shape index (κ2) is 4.39. The molecule has 6 heteroatoms. The van der Waals surface area contributed by atoms with E-state index in [1.54, 1.807) is 11.3 Å². The molecule has 0 amide bonds.